The highest BCUT2D eigenvalue weighted by Crippen LogP contribution is 2.15. The van der Waals surface area contributed by atoms with Gasteiger partial charge in [-0.1, -0.05) is 26.0 Å². The van der Waals surface area contributed by atoms with Gasteiger partial charge in [0.05, 0.1) is 6.61 Å². The molecule has 1 atom stereocenters. The van der Waals surface area contributed by atoms with Gasteiger partial charge in [-0.3, -0.25) is 20.4 Å². The number of nitrogens with one attached hydrogen (secondary N) is 2. The minimum absolute atomic E-state index is 0.412. The van der Waals surface area contributed by atoms with Crippen molar-refractivity contribution in [2.75, 3.05) is 6.61 Å². The second-order valence-corrected chi connectivity index (χ2v) is 7.08. The Hall–Kier alpha value is -3.02. The number of amides is 2. The lowest BCUT2D eigenvalue weighted by Crippen LogP contribution is -2.47. The summed E-state index contributed by atoms with van der Waals surface area (Å²) in [6.07, 6.45) is 0.218. The van der Waals surface area contributed by atoms with Crippen molar-refractivity contribution in [3.8, 4) is 11.5 Å². The van der Waals surface area contributed by atoms with E-state index < -0.39 is 17.9 Å². The van der Waals surface area contributed by atoms with Gasteiger partial charge in [0, 0.05) is 5.56 Å². The van der Waals surface area contributed by atoms with Crippen LogP contribution in [0.1, 0.15) is 43.1 Å². The van der Waals surface area contributed by atoms with Crippen molar-refractivity contribution >= 4 is 11.8 Å². The molecule has 2 aromatic rings. The summed E-state index contributed by atoms with van der Waals surface area (Å²) in [7, 11) is 0. The smallest absolute Gasteiger partial charge is 0.279 e. The Morgan fingerprint density at radius 1 is 0.964 bits per heavy atom. The molecule has 0 aromatic heterocycles. The van der Waals surface area contributed by atoms with E-state index in [0.29, 0.717) is 29.6 Å². The van der Waals surface area contributed by atoms with Crippen LogP contribution in [0, 0.1) is 12.8 Å². The zero-order valence-electron chi connectivity index (χ0n) is 16.8. The summed E-state index contributed by atoms with van der Waals surface area (Å²) < 4.78 is 11.2. The lowest BCUT2D eigenvalue weighted by atomic mass is 10.1. The van der Waals surface area contributed by atoms with E-state index in [0.717, 1.165) is 12.0 Å². The maximum absolute atomic E-state index is 12.2. The second-order valence-electron chi connectivity index (χ2n) is 7.08. The fraction of sp³-hybridized carbons (Fsp3) is 0.364. The van der Waals surface area contributed by atoms with E-state index >= 15 is 0 Å². The van der Waals surface area contributed by atoms with Crippen molar-refractivity contribution in [3.63, 3.8) is 0 Å². The Morgan fingerprint density at radius 3 is 2.32 bits per heavy atom. The number of benzene rings is 2. The zero-order valence-corrected chi connectivity index (χ0v) is 16.8. The first-order valence-corrected chi connectivity index (χ1v) is 9.41. The number of hydrogen-bond donors (Lipinski definition) is 2. The van der Waals surface area contributed by atoms with Crippen LogP contribution in [0.15, 0.2) is 48.5 Å². The first kappa shape index (κ1) is 21.3. The number of hydrogen-bond acceptors (Lipinski definition) is 4. The molecule has 2 N–H and O–H groups in total. The Kier molecular flexibility index (Phi) is 7.87. The van der Waals surface area contributed by atoms with Crippen molar-refractivity contribution in [3.05, 3.63) is 59.7 Å². The predicted octanol–water partition coefficient (Wildman–Crippen LogP) is 3.65. The Balaban J connectivity index is 1.79. The molecule has 0 aliphatic carbocycles. The molecule has 6 heteroatoms. The number of hydrazine groups is 1. The van der Waals surface area contributed by atoms with Crippen LogP contribution in [0.25, 0.3) is 0 Å². The first-order valence-electron chi connectivity index (χ1n) is 9.41. The molecule has 0 saturated heterocycles. The molecule has 0 bridgehead atoms. The number of carbonyl (C=O) groups excluding carboxylic acids is 2. The summed E-state index contributed by atoms with van der Waals surface area (Å²) in [5.41, 5.74) is 6.23. The van der Waals surface area contributed by atoms with E-state index in [1.54, 1.807) is 37.3 Å². The summed E-state index contributed by atoms with van der Waals surface area (Å²) in [4.78, 5) is 24.3. The minimum Gasteiger partial charge on any atom is -0.494 e. The standard InChI is InChI=1S/C22H28N2O4/c1-15(2)12-13-27-19-10-8-18(9-11-19)22(26)24-23-21(25)17(4)28-20-7-5-6-16(3)14-20/h5-11,14-15,17H,12-13H2,1-4H3,(H,23,25)(H,24,26). The monoisotopic (exact) mass is 384 g/mol. The van der Waals surface area contributed by atoms with Crippen LogP contribution in [0.4, 0.5) is 0 Å². The zero-order chi connectivity index (χ0) is 20.5. The van der Waals surface area contributed by atoms with Gasteiger partial charge in [-0.25, -0.2) is 0 Å². The SMILES string of the molecule is Cc1cccc(OC(C)C(=O)NNC(=O)c2ccc(OCCC(C)C)cc2)c1. The molecule has 0 aliphatic heterocycles. The molecule has 150 valence electrons. The van der Waals surface area contributed by atoms with E-state index in [1.807, 2.05) is 25.1 Å². The molecular weight excluding hydrogens is 356 g/mol. The van der Waals surface area contributed by atoms with Crippen molar-refractivity contribution < 1.29 is 19.1 Å². The van der Waals surface area contributed by atoms with Gasteiger partial charge >= 0.3 is 0 Å². The highest BCUT2D eigenvalue weighted by atomic mass is 16.5. The third-order valence-corrected chi connectivity index (χ3v) is 4.05. The molecule has 0 heterocycles. The molecule has 0 aliphatic rings. The van der Waals surface area contributed by atoms with Crippen LogP contribution in [-0.4, -0.2) is 24.5 Å². The van der Waals surface area contributed by atoms with E-state index in [1.165, 1.54) is 0 Å². The quantitative estimate of drug-likeness (QED) is 0.681. The second kappa shape index (κ2) is 10.3. The van der Waals surface area contributed by atoms with E-state index in [-0.39, 0.29) is 0 Å². The highest BCUT2D eigenvalue weighted by molar-refractivity contribution is 5.95. The van der Waals surface area contributed by atoms with Crippen LogP contribution < -0.4 is 20.3 Å². The van der Waals surface area contributed by atoms with Gasteiger partial charge in [0.25, 0.3) is 11.8 Å². The van der Waals surface area contributed by atoms with Crippen molar-refractivity contribution in [1.29, 1.82) is 0 Å². The fourth-order valence-corrected chi connectivity index (χ4v) is 2.35. The number of ether oxygens (including phenoxy) is 2. The van der Waals surface area contributed by atoms with Crippen LogP contribution in [0.3, 0.4) is 0 Å². The molecule has 2 rings (SSSR count). The normalized spacial score (nSPS) is 11.6. The average molecular weight is 384 g/mol. The van der Waals surface area contributed by atoms with Gasteiger partial charge in [-0.15, -0.1) is 0 Å². The summed E-state index contributed by atoms with van der Waals surface area (Å²) in [5, 5.41) is 0. The van der Waals surface area contributed by atoms with E-state index in [2.05, 4.69) is 24.7 Å². The lowest BCUT2D eigenvalue weighted by molar-refractivity contribution is -0.128. The molecule has 2 amide bonds. The maximum atomic E-state index is 12.2. The number of aryl methyl sites for hydroxylation is 1. The molecule has 28 heavy (non-hydrogen) atoms. The first-order chi connectivity index (χ1) is 13.3. The highest BCUT2D eigenvalue weighted by Gasteiger charge is 2.16. The van der Waals surface area contributed by atoms with E-state index in [9.17, 15) is 9.59 Å². The van der Waals surface area contributed by atoms with Crippen molar-refractivity contribution in [2.24, 2.45) is 5.92 Å². The van der Waals surface area contributed by atoms with E-state index in [4.69, 9.17) is 9.47 Å². The molecule has 6 nitrogen and oxygen atoms in total. The summed E-state index contributed by atoms with van der Waals surface area (Å²) in [6.45, 7) is 8.47. The maximum Gasteiger partial charge on any atom is 0.279 e. The van der Waals surface area contributed by atoms with Crippen LogP contribution >= 0.6 is 0 Å². The largest absolute Gasteiger partial charge is 0.494 e. The van der Waals surface area contributed by atoms with Crippen LogP contribution in [0.2, 0.25) is 0 Å². The van der Waals surface area contributed by atoms with Crippen molar-refractivity contribution in [2.45, 2.75) is 40.2 Å². The van der Waals surface area contributed by atoms with Gasteiger partial charge in [0.1, 0.15) is 11.5 Å². The molecule has 0 saturated carbocycles. The summed E-state index contributed by atoms with van der Waals surface area (Å²) in [5.74, 6) is 1.03. The van der Waals surface area contributed by atoms with Gasteiger partial charge in [-0.2, -0.15) is 0 Å². The molecule has 2 aromatic carbocycles. The summed E-state index contributed by atoms with van der Waals surface area (Å²) >= 11 is 0. The van der Waals surface area contributed by atoms with Gasteiger partial charge in [-0.05, 0) is 68.1 Å². The molecule has 1 unspecified atom stereocenters. The summed E-state index contributed by atoms with van der Waals surface area (Å²) in [6, 6.07) is 14.2. The topological polar surface area (TPSA) is 76.7 Å². The molecule has 0 fully saturated rings. The van der Waals surface area contributed by atoms with Crippen LogP contribution in [-0.2, 0) is 4.79 Å². The molecule has 0 spiro atoms. The predicted molar refractivity (Wildman–Crippen MR) is 108 cm³/mol. The third-order valence-electron chi connectivity index (χ3n) is 4.05. The molecule has 0 radical (unpaired) electrons. The number of carbonyl (C=O) groups is 2. The Morgan fingerprint density at radius 2 is 1.68 bits per heavy atom. The Labute approximate surface area is 166 Å². The lowest BCUT2D eigenvalue weighted by Gasteiger charge is -2.15. The molecular formula is C22H28N2O4. The van der Waals surface area contributed by atoms with Gasteiger partial charge in [0.2, 0.25) is 0 Å². The Bertz CT molecular complexity index is 787. The van der Waals surface area contributed by atoms with Crippen LogP contribution in [0.5, 0.6) is 11.5 Å². The van der Waals surface area contributed by atoms with Gasteiger partial charge < -0.3 is 9.47 Å². The van der Waals surface area contributed by atoms with Gasteiger partial charge in [0.15, 0.2) is 6.10 Å². The minimum atomic E-state index is -0.751. The third kappa shape index (κ3) is 6.95. The van der Waals surface area contributed by atoms with Crippen molar-refractivity contribution in [1.82, 2.24) is 10.9 Å². The number of rotatable bonds is 8. The average Bonchev–Trinajstić information content (AvgIpc) is 2.66. The fourth-order valence-electron chi connectivity index (χ4n) is 2.35.